The zero-order chi connectivity index (χ0) is 49.0. The fraction of sp³-hybridized carbons (Fsp3) is 0. The third-order valence-corrected chi connectivity index (χ3v) is 14.2. The molecule has 6 heteroatoms. The Hall–Kier alpha value is -10.0. The second-order valence-electron chi connectivity index (χ2n) is 18.6. The zero-order valence-corrected chi connectivity index (χ0v) is 40.1. The molecule has 0 atom stereocenters. The predicted octanol–water partition coefficient (Wildman–Crippen LogP) is 17.1. The third kappa shape index (κ3) is 7.52. The van der Waals surface area contributed by atoms with Gasteiger partial charge in [0, 0.05) is 49.5 Å². The molecular weight excluding hydrogens is 901 g/mol. The average Bonchev–Trinajstić information content (AvgIpc) is 4.01. The number of aromatic nitrogens is 6. The van der Waals surface area contributed by atoms with E-state index in [2.05, 4.69) is 240 Å². The maximum absolute atomic E-state index is 5.48. The van der Waals surface area contributed by atoms with Crippen LogP contribution in [0.1, 0.15) is 0 Å². The molecule has 14 aromatic rings. The van der Waals surface area contributed by atoms with Gasteiger partial charge in [0.1, 0.15) is 0 Å². The van der Waals surface area contributed by atoms with E-state index in [9.17, 15) is 0 Å². The van der Waals surface area contributed by atoms with Crippen molar-refractivity contribution >= 4 is 43.6 Å². The summed E-state index contributed by atoms with van der Waals surface area (Å²) in [6.45, 7) is 0. The monoisotopic (exact) mass is 944 g/mol. The molecule has 0 N–H and O–H groups in total. The molecule has 6 nitrogen and oxygen atoms in total. The summed E-state index contributed by atoms with van der Waals surface area (Å²) in [5, 5.41) is 4.49. The Morgan fingerprint density at radius 1 is 0.230 bits per heavy atom. The van der Waals surface area contributed by atoms with Crippen LogP contribution in [0.15, 0.2) is 267 Å². The lowest BCUT2D eigenvalue weighted by Gasteiger charge is -2.16. The average molecular weight is 945 g/mol. The van der Waals surface area contributed by atoms with Gasteiger partial charge in [-0.1, -0.05) is 218 Å². The van der Waals surface area contributed by atoms with Crippen molar-refractivity contribution in [1.29, 1.82) is 0 Å². The molecule has 4 aromatic heterocycles. The summed E-state index contributed by atoms with van der Waals surface area (Å²) in [7, 11) is 0. The first-order chi connectivity index (χ1) is 36.7. The highest BCUT2D eigenvalue weighted by molar-refractivity contribution is 6.23. The standard InChI is InChI=1S/C68H44N6/c1-5-19-45(20-6-1)47-35-37-48(38-36-47)54-42-53(46-21-7-2-8-22-46)43-55(44-54)73-62-33-15-13-29-56(62)58-39-40-59-57-30-14-16-34-63(57)74(65(59)64(58)73)68-71-66(50-25-11-4-12-26-50)70-67(72-68)52-28-17-27-51(41-52)61-32-18-31-60(69-61)49-23-9-3-10-24-49/h1-44H. The smallest absolute Gasteiger partial charge is 0.238 e. The molecule has 0 spiro atoms. The minimum atomic E-state index is 0.524. The Kier molecular flexibility index (Phi) is 10.4. The van der Waals surface area contributed by atoms with Gasteiger partial charge in [0.2, 0.25) is 5.95 Å². The maximum atomic E-state index is 5.48. The van der Waals surface area contributed by atoms with Gasteiger partial charge in [0.15, 0.2) is 11.6 Å². The predicted molar refractivity (Wildman–Crippen MR) is 304 cm³/mol. The van der Waals surface area contributed by atoms with E-state index in [-0.39, 0.29) is 0 Å². The van der Waals surface area contributed by atoms with Gasteiger partial charge >= 0.3 is 0 Å². The Morgan fingerprint density at radius 3 is 1.24 bits per heavy atom. The third-order valence-electron chi connectivity index (χ3n) is 14.2. The molecule has 0 radical (unpaired) electrons. The number of rotatable bonds is 9. The highest BCUT2D eigenvalue weighted by Gasteiger charge is 2.24. The lowest BCUT2D eigenvalue weighted by molar-refractivity contribution is 0.953. The summed E-state index contributed by atoms with van der Waals surface area (Å²) in [5.41, 5.74) is 17.7. The minimum Gasteiger partial charge on any atom is -0.307 e. The van der Waals surface area contributed by atoms with Gasteiger partial charge in [-0.15, -0.1) is 0 Å². The number of hydrogen-bond acceptors (Lipinski definition) is 4. The van der Waals surface area contributed by atoms with E-state index in [0.717, 1.165) is 105 Å². The van der Waals surface area contributed by atoms with E-state index in [1.54, 1.807) is 0 Å². The highest BCUT2D eigenvalue weighted by Crippen LogP contribution is 2.43. The van der Waals surface area contributed by atoms with Crippen molar-refractivity contribution in [1.82, 2.24) is 29.1 Å². The fourth-order valence-electron chi connectivity index (χ4n) is 10.7. The van der Waals surface area contributed by atoms with Crippen molar-refractivity contribution < 1.29 is 0 Å². The molecule has 0 bridgehead atoms. The molecule has 0 fully saturated rings. The quantitative estimate of drug-likeness (QED) is 0.145. The van der Waals surface area contributed by atoms with Crippen LogP contribution in [-0.2, 0) is 0 Å². The summed E-state index contributed by atoms with van der Waals surface area (Å²) in [5.74, 6) is 1.67. The molecule has 14 rings (SSSR count). The Balaban J connectivity index is 1.02. The van der Waals surface area contributed by atoms with Gasteiger partial charge in [0.25, 0.3) is 0 Å². The minimum absolute atomic E-state index is 0.524. The van der Waals surface area contributed by atoms with Crippen LogP contribution < -0.4 is 0 Å². The topological polar surface area (TPSA) is 61.4 Å². The fourth-order valence-corrected chi connectivity index (χ4v) is 10.7. The largest absolute Gasteiger partial charge is 0.307 e. The van der Waals surface area contributed by atoms with Crippen LogP contribution >= 0.6 is 0 Å². The van der Waals surface area contributed by atoms with Gasteiger partial charge < -0.3 is 4.57 Å². The second-order valence-corrected chi connectivity index (χ2v) is 18.6. The van der Waals surface area contributed by atoms with Gasteiger partial charge in [-0.3, -0.25) is 4.57 Å². The number of pyridine rings is 1. The van der Waals surface area contributed by atoms with Gasteiger partial charge in [-0.05, 0) is 81.9 Å². The first-order valence-corrected chi connectivity index (χ1v) is 25.0. The van der Waals surface area contributed by atoms with Crippen LogP contribution in [0.3, 0.4) is 0 Å². The summed E-state index contributed by atoms with van der Waals surface area (Å²) < 4.78 is 4.72. The normalized spacial score (nSPS) is 11.5. The van der Waals surface area contributed by atoms with Crippen molar-refractivity contribution in [3.63, 3.8) is 0 Å². The number of para-hydroxylation sites is 2. The maximum Gasteiger partial charge on any atom is 0.238 e. The van der Waals surface area contributed by atoms with Gasteiger partial charge in [-0.2, -0.15) is 9.97 Å². The van der Waals surface area contributed by atoms with Crippen molar-refractivity contribution in [2.24, 2.45) is 0 Å². The van der Waals surface area contributed by atoms with E-state index in [1.165, 1.54) is 11.1 Å². The van der Waals surface area contributed by atoms with Crippen molar-refractivity contribution in [3.8, 4) is 90.3 Å². The molecular formula is C68H44N6. The van der Waals surface area contributed by atoms with Crippen molar-refractivity contribution in [2.75, 3.05) is 0 Å². The molecule has 0 saturated heterocycles. The SMILES string of the molecule is c1ccc(-c2ccc(-c3cc(-c4ccccc4)cc(-n4c5ccccc5c5ccc6c7ccccc7n(-c7nc(-c8ccccc8)nc(-c8cccc(-c9cccc(-c%10ccccc%10)n9)c8)n7)c6c54)c3)cc2)cc1. The van der Waals surface area contributed by atoms with E-state index >= 15 is 0 Å². The van der Waals surface area contributed by atoms with Crippen LogP contribution in [0.25, 0.3) is 134 Å². The number of fused-ring (bicyclic) bond motifs is 7. The van der Waals surface area contributed by atoms with Gasteiger partial charge in [0.05, 0.1) is 33.5 Å². The Bertz CT molecular complexity index is 4390. The molecule has 0 aliphatic rings. The van der Waals surface area contributed by atoms with Crippen molar-refractivity contribution in [3.05, 3.63) is 267 Å². The summed E-state index contributed by atoms with van der Waals surface area (Å²) in [6.07, 6.45) is 0. The molecule has 346 valence electrons. The molecule has 10 aromatic carbocycles. The van der Waals surface area contributed by atoms with Crippen LogP contribution in [-0.4, -0.2) is 29.1 Å². The summed E-state index contributed by atoms with van der Waals surface area (Å²) >= 11 is 0. The first-order valence-electron chi connectivity index (χ1n) is 25.0. The van der Waals surface area contributed by atoms with E-state index < -0.39 is 0 Å². The van der Waals surface area contributed by atoms with Crippen molar-refractivity contribution in [2.45, 2.75) is 0 Å². The number of hydrogen-bond donors (Lipinski definition) is 0. The molecule has 74 heavy (non-hydrogen) atoms. The second kappa shape index (κ2) is 18.0. The molecule has 0 aliphatic heterocycles. The molecule has 0 saturated carbocycles. The first kappa shape index (κ1) is 42.8. The molecule has 4 heterocycles. The zero-order valence-electron chi connectivity index (χ0n) is 40.1. The molecule has 0 unspecified atom stereocenters. The summed E-state index contributed by atoms with van der Waals surface area (Å²) in [4.78, 5) is 21.3. The van der Waals surface area contributed by atoms with Crippen LogP contribution in [0, 0.1) is 0 Å². The summed E-state index contributed by atoms with van der Waals surface area (Å²) in [6, 6.07) is 94.2. The highest BCUT2D eigenvalue weighted by atomic mass is 15.2. The number of nitrogens with zero attached hydrogens (tertiary/aromatic N) is 6. The van der Waals surface area contributed by atoms with E-state index in [0.29, 0.717) is 17.6 Å². The lowest BCUT2D eigenvalue weighted by Crippen LogP contribution is -2.07. The van der Waals surface area contributed by atoms with E-state index in [4.69, 9.17) is 19.9 Å². The van der Waals surface area contributed by atoms with Crippen LogP contribution in [0.5, 0.6) is 0 Å². The lowest BCUT2D eigenvalue weighted by atomic mass is 9.96. The van der Waals surface area contributed by atoms with Gasteiger partial charge in [-0.25, -0.2) is 9.97 Å². The Labute approximate surface area is 427 Å². The Morgan fingerprint density at radius 2 is 0.635 bits per heavy atom. The number of benzene rings is 10. The molecule has 0 amide bonds. The van der Waals surface area contributed by atoms with E-state index in [1.807, 2.05) is 36.4 Å². The van der Waals surface area contributed by atoms with Crippen LogP contribution in [0.2, 0.25) is 0 Å². The van der Waals surface area contributed by atoms with Crippen LogP contribution in [0.4, 0.5) is 0 Å². The molecule has 0 aliphatic carbocycles.